The van der Waals surface area contributed by atoms with E-state index in [9.17, 15) is 19.3 Å². The number of anilines is 1. The molecule has 0 aliphatic rings. The van der Waals surface area contributed by atoms with E-state index in [-0.39, 0.29) is 5.69 Å². The molecule has 3 rings (SSSR count). The number of aromatic nitrogens is 3. The van der Waals surface area contributed by atoms with Crippen molar-refractivity contribution in [3.05, 3.63) is 52.5 Å². The Morgan fingerprint density at radius 2 is 2.19 bits per heavy atom. The number of carbonyl (C=O) groups is 1. The van der Waals surface area contributed by atoms with Crippen molar-refractivity contribution in [2.24, 2.45) is 7.05 Å². The second-order valence-corrected chi connectivity index (χ2v) is 6.82. The Morgan fingerprint density at radius 3 is 2.85 bits per heavy atom. The molecule has 27 heavy (non-hydrogen) atoms. The third-order valence-corrected chi connectivity index (χ3v) is 4.77. The summed E-state index contributed by atoms with van der Waals surface area (Å²) in [6, 6.07) is 6.64. The summed E-state index contributed by atoms with van der Waals surface area (Å²) >= 11 is 1.16. The molecule has 0 fully saturated rings. The molecule has 0 radical (unpaired) electrons. The zero-order valence-corrected chi connectivity index (χ0v) is 15.1. The van der Waals surface area contributed by atoms with Crippen LogP contribution in [0, 0.1) is 15.9 Å². The molecular formula is C16H14FN5O4S. The third-order valence-electron chi connectivity index (χ3n) is 3.64. The van der Waals surface area contributed by atoms with Crippen molar-refractivity contribution in [1.82, 2.24) is 14.8 Å². The second-order valence-electron chi connectivity index (χ2n) is 5.52. The summed E-state index contributed by atoms with van der Waals surface area (Å²) in [5.74, 6) is -0.315. The first-order valence-electron chi connectivity index (χ1n) is 7.71. The van der Waals surface area contributed by atoms with Crippen molar-refractivity contribution in [2.75, 3.05) is 5.32 Å². The fraction of sp³-hybridized carbons (Fsp3) is 0.188. The van der Waals surface area contributed by atoms with Gasteiger partial charge in [0.2, 0.25) is 11.7 Å². The van der Waals surface area contributed by atoms with Crippen LogP contribution in [0.15, 0.2) is 46.2 Å². The number of rotatable bonds is 6. The highest BCUT2D eigenvalue weighted by Crippen LogP contribution is 2.27. The van der Waals surface area contributed by atoms with E-state index in [1.165, 1.54) is 12.3 Å². The van der Waals surface area contributed by atoms with Crippen molar-refractivity contribution in [3.63, 3.8) is 0 Å². The van der Waals surface area contributed by atoms with Gasteiger partial charge in [0.15, 0.2) is 16.7 Å². The van der Waals surface area contributed by atoms with E-state index in [1.807, 2.05) is 0 Å². The SMILES string of the molecule is C[C@@H](Sc1nnc(-c2ccco2)n1C)C(=O)Nc1ccc(F)c([N+](=O)[O-])c1. The molecule has 0 saturated heterocycles. The van der Waals surface area contributed by atoms with Crippen molar-refractivity contribution in [2.45, 2.75) is 17.3 Å². The van der Waals surface area contributed by atoms with Gasteiger partial charge < -0.3 is 14.3 Å². The van der Waals surface area contributed by atoms with Gasteiger partial charge in [0.1, 0.15) is 0 Å². The van der Waals surface area contributed by atoms with Crippen LogP contribution in [0.5, 0.6) is 0 Å². The molecule has 140 valence electrons. The van der Waals surface area contributed by atoms with E-state index in [4.69, 9.17) is 4.42 Å². The summed E-state index contributed by atoms with van der Waals surface area (Å²) < 4.78 is 20.4. The van der Waals surface area contributed by atoms with Gasteiger partial charge in [-0.2, -0.15) is 4.39 Å². The van der Waals surface area contributed by atoms with Crippen molar-refractivity contribution in [1.29, 1.82) is 0 Å². The Balaban J connectivity index is 1.70. The molecule has 0 bridgehead atoms. The maximum absolute atomic E-state index is 13.4. The molecule has 0 aliphatic heterocycles. The van der Waals surface area contributed by atoms with Gasteiger partial charge in [-0.3, -0.25) is 14.9 Å². The molecule has 1 amide bonds. The zero-order valence-electron chi connectivity index (χ0n) is 14.2. The Bertz CT molecular complexity index is 989. The van der Waals surface area contributed by atoms with Gasteiger partial charge in [-0.15, -0.1) is 10.2 Å². The molecule has 0 spiro atoms. The number of benzene rings is 1. The monoisotopic (exact) mass is 391 g/mol. The van der Waals surface area contributed by atoms with Crippen LogP contribution in [0.3, 0.4) is 0 Å². The van der Waals surface area contributed by atoms with E-state index in [0.29, 0.717) is 16.7 Å². The maximum atomic E-state index is 13.4. The Morgan fingerprint density at radius 1 is 1.41 bits per heavy atom. The average Bonchev–Trinajstić information content (AvgIpc) is 3.27. The van der Waals surface area contributed by atoms with Gasteiger partial charge in [0.05, 0.1) is 16.4 Å². The van der Waals surface area contributed by atoms with Crippen LogP contribution in [0.4, 0.5) is 15.8 Å². The number of nitrogens with one attached hydrogen (secondary N) is 1. The molecule has 1 aromatic carbocycles. The summed E-state index contributed by atoms with van der Waals surface area (Å²) in [6.45, 7) is 1.65. The van der Waals surface area contributed by atoms with E-state index in [1.54, 1.807) is 30.7 Å². The zero-order chi connectivity index (χ0) is 19.6. The third kappa shape index (κ3) is 3.97. The number of halogens is 1. The number of nitro groups is 1. The molecule has 1 N–H and O–H groups in total. The number of hydrogen-bond acceptors (Lipinski definition) is 7. The molecule has 0 saturated carbocycles. The lowest BCUT2D eigenvalue weighted by Crippen LogP contribution is -2.23. The number of nitro benzene ring substituents is 1. The minimum atomic E-state index is -0.968. The summed E-state index contributed by atoms with van der Waals surface area (Å²) in [5.41, 5.74) is -0.570. The fourth-order valence-electron chi connectivity index (χ4n) is 2.22. The van der Waals surface area contributed by atoms with Crippen molar-refractivity contribution < 1.29 is 18.5 Å². The lowest BCUT2D eigenvalue weighted by molar-refractivity contribution is -0.387. The van der Waals surface area contributed by atoms with Crippen LogP contribution in [-0.4, -0.2) is 30.8 Å². The van der Waals surface area contributed by atoms with Gasteiger partial charge in [-0.25, -0.2) is 0 Å². The largest absolute Gasteiger partial charge is 0.461 e. The number of amides is 1. The van der Waals surface area contributed by atoms with Gasteiger partial charge in [-0.1, -0.05) is 11.8 Å². The minimum Gasteiger partial charge on any atom is -0.461 e. The molecule has 0 aliphatic carbocycles. The number of thioether (sulfide) groups is 1. The van der Waals surface area contributed by atoms with Crippen LogP contribution >= 0.6 is 11.8 Å². The number of nitrogens with zero attached hydrogens (tertiary/aromatic N) is 4. The number of furan rings is 1. The second kappa shape index (κ2) is 7.58. The van der Waals surface area contributed by atoms with Crippen molar-refractivity contribution >= 4 is 29.0 Å². The fourth-order valence-corrected chi connectivity index (χ4v) is 3.04. The van der Waals surface area contributed by atoms with E-state index in [0.717, 1.165) is 23.9 Å². The standard InChI is InChI=1S/C16H14FN5O4S/c1-9(15(23)18-10-5-6-11(17)12(8-10)22(24)25)27-16-20-19-14(21(16)2)13-4-3-7-26-13/h3-9H,1-2H3,(H,18,23)/t9-/m1/s1. The summed E-state index contributed by atoms with van der Waals surface area (Å²) in [6.07, 6.45) is 1.52. The van der Waals surface area contributed by atoms with E-state index >= 15 is 0 Å². The van der Waals surface area contributed by atoms with Crippen LogP contribution in [0.1, 0.15) is 6.92 Å². The van der Waals surface area contributed by atoms with Crippen LogP contribution < -0.4 is 5.32 Å². The lowest BCUT2D eigenvalue weighted by Gasteiger charge is -2.11. The highest BCUT2D eigenvalue weighted by Gasteiger charge is 2.21. The summed E-state index contributed by atoms with van der Waals surface area (Å²) in [5, 5.41) is 21.3. The van der Waals surface area contributed by atoms with Gasteiger partial charge in [0.25, 0.3) is 0 Å². The highest BCUT2D eigenvalue weighted by atomic mass is 32.2. The first-order valence-corrected chi connectivity index (χ1v) is 8.59. The van der Waals surface area contributed by atoms with Crippen LogP contribution in [0.25, 0.3) is 11.6 Å². The van der Waals surface area contributed by atoms with Crippen LogP contribution in [-0.2, 0) is 11.8 Å². The predicted octanol–water partition coefficient (Wildman–Crippen LogP) is 3.24. The summed E-state index contributed by atoms with van der Waals surface area (Å²) in [4.78, 5) is 22.3. The average molecular weight is 391 g/mol. The molecule has 11 heteroatoms. The highest BCUT2D eigenvalue weighted by molar-refractivity contribution is 8.00. The van der Waals surface area contributed by atoms with Crippen molar-refractivity contribution in [3.8, 4) is 11.6 Å². The van der Waals surface area contributed by atoms with Gasteiger partial charge in [0, 0.05) is 18.8 Å². The molecule has 0 unspecified atom stereocenters. The minimum absolute atomic E-state index is 0.134. The molecule has 1 atom stereocenters. The van der Waals surface area contributed by atoms with E-state index < -0.39 is 27.6 Å². The Labute approximate surface area is 156 Å². The van der Waals surface area contributed by atoms with Crippen LogP contribution in [0.2, 0.25) is 0 Å². The Hall–Kier alpha value is -3.21. The van der Waals surface area contributed by atoms with Gasteiger partial charge in [-0.05, 0) is 31.2 Å². The van der Waals surface area contributed by atoms with Gasteiger partial charge >= 0.3 is 5.69 Å². The first kappa shape index (κ1) is 18.6. The number of hydrogen-bond donors (Lipinski definition) is 1. The Kier molecular flexibility index (Phi) is 5.21. The predicted molar refractivity (Wildman–Crippen MR) is 95.7 cm³/mol. The molecule has 2 heterocycles. The molecule has 3 aromatic rings. The smallest absolute Gasteiger partial charge is 0.306 e. The quantitative estimate of drug-likeness (QED) is 0.389. The molecular weight excluding hydrogens is 377 g/mol. The number of carbonyl (C=O) groups excluding carboxylic acids is 1. The first-order chi connectivity index (χ1) is 12.9. The normalized spacial score (nSPS) is 12.0. The van der Waals surface area contributed by atoms with E-state index in [2.05, 4.69) is 15.5 Å². The molecule has 9 nitrogen and oxygen atoms in total. The topological polar surface area (TPSA) is 116 Å². The maximum Gasteiger partial charge on any atom is 0.306 e. The lowest BCUT2D eigenvalue weighted by atomic mass is 10.2. The molecule has 2 aromatic heterocycles. The summed E-state index contributed by atoms with van der Waals surface area (Å²) in [7, 11) is 1.74.